The lowest BCUT2D eigenvalue weighted by Crippen LogP contribution is -2.59. The molecule has 1 saturated heterocycles. The third kappa shape index (κ3) is 5.38. The van der Waals surface area contributed by atoms with Crippen molar-refractivity contribution in [2.24, 2.45) is 5.73 Å². The number of nitrogens with zero attached hydrogens (tertiary/aromatic N) is 2. The van der Waals surface area contributed by atoms with E-state index in [4.69, 9.17) is 15.2 Å². The van der Waals surface area contributed by atoms with Crippen molar-refractivity contribution in [3.8, 4) is 0 Å². The lowest BCUT2D eigenvalue weighted by molar-refractivity contribution is 0.0137. The average Bonchev–Trinajstić information content (AvgIpc) is 2.42. The highest BCUT2D eigenvalue weighted by molar-refractivity contribution is 7.89. The smallest absolute Gasteiger partial charge is 0.410 e. The number of piperazine rings is 1. The molecule has 1 unspecified atom stereocenters. The second-order valence-corrected chi connectivity index (χ2v) is 8.28. The van der Waals surface area contributed by atoms with Gasteiger partial charge in [0.05, 0.1) is 18.4 Å². The highest BCUT2D eigenvalue weighted by Gasteiger charge is 2.36. The van der Waals surface area contributed by atoms with Crippen molar-refractivity contribution in [2.45, 2.75) is 32.4 Å². The average molecular weight is 337 g/mol. The molecule has 0 radical (unpaired) electrons. The van der Waals surface area contributed by atoms with Gasteiger partial charge in [-0.15, -0.1) is 0 Å². The van der Waals surface area contributed by atoms with Crippen molar-refractivity contribution in [3.63, 3.8) is 0 Å². The molecule has 130 valence electrons. The van der Waals surface area contributed by atoms with E-state index in [0.717, 1.165) is 0 Å². The quantitative estimate of drug-likeness (QED) is 0.748. The van der Waals surface area contributed by atoms with E-state index in [-0.39, 0.29) is 38.5 Å². The number of hydrogen-bond acceptors (Lipinski definition) is 6. The second-order valence-electron chi connectivity index (χ2n) is 6.24. The molecular formula is C13H27N3O5S. The van der Waals surface area contributed by atoms with Gasteiger partial charge in [-0.25, -0.2) is 13.2 Å². The van der Waals surface area contributed by atoms with Gasteiger partial charge in [0.2, 0.25) is 10.0 Å². The normalized spacial score (nSPS) is 21.0. The summed E-state index contributed by atoms with van der Waals surface area (Å²) >= 11 is 0. The Morgan fingerprint density at radius 2 is 1.95 bits per heavy atom. The first-order chi connectivity index (χ1) is 10.1. The number of carbonyl (C=O) groups is 1. The van der Waals surface area contributed by atoms with Gasteiger partial charge in [0.1, 0.15) is 5.60 Å². The second kappa shape index (κ2) is 7.58. The molecule has 1 fully saturated rings. The van der Waals surface area contributed by atoms with Crippen LogP contribution in [0.2, 0.25) is 0 Å². The standard InChI is InChI=1S/C13H27N3O5S/c1-13(2,3)21-12(17)15-5-6-16(11(9-14)10-15)22(18,19)8-7-20-4/h11H,5-10,14H2,1-4H3. The summed E-state index contributed by atoms with van der Waals surface area (Å²) < 4.78 is 36.1. The van der Waals surface area contributed by atoms with Gasteiger partial charge in [0.15, 0.2) is 0 Å². The van der Waals surface area contributed by atoms with Gasteiger partial charge in [0, 0.05) is 33.3 Å². The monoisotopic (exact) mass is 337 g/mol. The van der Waals surface area contributed by atoms with Crippen molar-refractivity contribution in [1.29, 1.82) is 0 Å². The van der Waals surface area contributed by atoms with Crippen molar-refractivity contribution >= 4 is 16.1 Å². The Kier molecular flexibility index (Phi) is 6.60. The van der Waals surface area contributed by atoms with Crippen LogP contribution in [-0.2, 0) is 19.5 Å². The zero-order chi connectivity index (χ0) is 17.0. The molecular weight excluding hydrogens is 310 g/mol. The molecule has 1 heterocycles. The molecule has 22 heavy (non-hydrogen) atoms. The topological polar surface area (TPSA) is 102 Å². The van der Waals surface area contributed by atoms with Gasteiger partial charge in [-0.3, -0.25) is 0 Å². The maximum atomic E-state index is 12.3. The summed E-state index contributed by atoms with van der Waals surface area (Å²) in [6, 6.07) is -0.442. The van der Waals surface area contributed by atoms with E-state index in [2.05, 4.69) is 0 Å². The summed E-state index contributed by atoms with van der Waals surface area (Å²) in [6.07, 6.45) is -0.445. The van der Waals surface area contributed by atoms with Crippen LogP contribution in [0.15, 0.2) is 0 Å². The number of carbonyl (C=O) groups excluding carboxylic acids is 1. The van der Waals surface area contributed by atoms with Crippen LogP contribution in [0, 0.1) is 0 Å². The van der Waals surface area contributed by atoms with Crippen molar-refractivity contribution in [3.05, 3.63) is 0 Å². The molecule has 8 nitrogen and oxygen atoms in total. The minimum Gasteiger partial charge on any atom is -0.444 e. The SMILES string of the molecule is COCCS(=O)(=O)N1CCN(C(=O)OC(C)(C)C)CC1CN. The summed E-state index contributed by atoms with van der Waals surface area (Å²) in [4.78, 5) is 13.6. The third-order valence-corrected chi connectivity index (χ3v) is 5.13. The first kappa shape index (κ1) is 19.1. The molecule has 0 bridgehead atoms. The first-order valence-electron chi connectivity index (χ1n) is 7.27. The predicted octanol–water partition coefficient (Wildman–Crippen LogP) is -0.157. The van der Waals surface area contributed by atoms with Crippen LogP contribution in [0.4, 0.5) is 4.79 Å². The van der Waals surface area contributed by atoms with E-state index in [1.54, 1.807) is 20.8 Å². The van der Waals surface area contributed by atoms with Crippen LogP contribution in [-0.4, -0.2) is 81.0 Å². The van der Waals surface area contributed by atoms with Crippen molar-refractivity contribution in [1.82, 2.24) is 9.21 Å². The van der Waals surface area contributed by atoms with Crippen LogP contribution >= 0.6 is 0 Å². The fraction of sp³-hybridized carbons (Fsp3) is 0.923. The van der Waals surface area contributed by atoms with E-state index >= 15 is 0 Å². The number of nitrogens with two attached hydrogens (primary N) is 1. The molecule has 0 saturated carbocycles. The van der Waals surface area contributed by atoms with Crippen LogP contribution in [0.25, 0.3) is 0 Å². The molecule has 0 spiro atoms. The Hall–Kier alpha value is -0.900. The Balaban J connectivity index is 2.74. The largest absolute Gasteiger partial charge is 0.444 e. The molecule has 0 aliphatic carbocycles. The molecule has 9 heteroatoms. The number of ether oxygens (including phenoxy) is 2. The summed E-state index contributed by atoms with van der Waals surface area (Å²) in [7, 11) is -1.99. The van der Waals surface area contributed by atoms with E-state index in [0.29, 0.717) is 0 Å². The van der Waals surface area contributed by atoms with E-state index in [1.807, 2.05) is 0 Å². The van der Waals surface area contributed by atoms with Crippen LogP contribution in [0.5, 0.6) is 0 Å². The summed E-state index contributed by atoms with van der Waals surface area (Å²) in [5, 5.41) is 0. The van der Waals surface area contributed by atoms with Gasteiger partial charge in [-0.1, -0.05) is 0 Å². The summed E-state index contributed by atoms with van der Waals surface area (Å²) in [5.41, 5.74) is 5.11. The lowest BCUT2D eigenvalue weighted by atomic mass is 10.2. The summed E-state index contributed by atoms with van der Waals surface area (Å²) in [6.45, 7) is 6.38. The number of sulfonamides is 1. The highest BCUT2D eigenvalue weighted by atomic mass is 32.2. The fourth-order valence-corrected chi connectivity index (χ4v) is 3.77. The number of methoxy groups -OCH3 is 1. The van der Waals surface area contributed by atoms with E-state index in [9.17, 15) is 13.2 Å². The number of rotatable bonds is 5. The Bertz CT molecular complexity index is 475. The van der Waals surface area contributed by atoms with Gasteiger partial charge in [0.25, 0.3) is 0 Å². The van der Waals surface area contributed by atoms with E-state index < -0.39 is 27.8 Å². The Morgan fingerprint density at radius 1 is 1.32 bits per heavy atom. The summed E-state index contributed by atoms with van der Waals surface area (Å²) in [5.74, 6) is -0.0908. The van der Waals surface area contributed by atoms with Gasteiger partial charge < -0.3 is 20.1 Å². The minimum atomic E-state index is -3.44. The molecule has 0 aromatic rings. The zero-order valence-corrected chi connectivity index (χ0v) is 14.6. The Morgan fingerprint density at radius 3 is 2.45 bits per heavy atom. The van der Waals surface area contributed by atoms with Crippen molar-refractivity contribution < 1.29 is 22.7 Å². The lowest BCUT2D eigenvalue weighted by Gasteiger charge is -2.40. The zero-order valence-electron chi connectivity index (χ0n) is 13.7. The molecule has 1 rings (SSSR count). The van der Waals surface area contributed by atoms with Gasteiger partial charge in [-0.05, 0) is 20.8 Å². The molecule has 0 aromatic heterocycles. The number of amides is 1. The molecule has 2 N–H and O–H groups in total. The van der Waals surface area contributed by atoms with Crippen LogP contribution < -0.4 is 5.73 Å². The molecule has 1 aliphatic heterocycles. The number of hydrogen-bond donors (Lipinski definition) is 1. The predicted molar refractivity (Wildman–Crippen MR) is 83.0 cm³/mol. The van der Waals surface area contributed by atoms with Crippen LogP contribution in [0.3, 0.4) is 0 Å². The van der Waals surface area contributed by atoms with Crippen molar-refractivity contribution in [2.75, 3.05) is 45.6 Å². The molecule has 1 atom stereocenters. The highest BCUT2D eigenvalue weighted by Crippen LogP contribution is 2.17. The maximum absolute atomic E-state index is 12.3. The molecule has 0 aromatic carbocycles. The molecule has 1 aliphatic rings. The van der Waals surface area contributed by atoms with Crippen LogP contribution in [0.1, 0.15) is 20.8 Å². The van der Waals surface area contributed by atoms with E-state index in [1.165, 1.54) is 16.3 Å². The minimum absolute atomic E-state index is 0.0908. The first-order valence-corrected chi connectivity index (χ1v) is 8.88. The fourth-order valence-electron chi connectivity index (χ4n) is 2.20. The van der Waals surface area contributed by atoms with Gasteiger partial charge in [-0.2, -0.15) is 4.31 Å². The Labute approximate surface area is 132 Å². The molecule has 1 amide bonds. The maximum Gasteiger partial charge on any atom is 0.410 e. The van der Waals surface area contributed by atoms with Gasteiger partial charge >= 0.3 is 6.09 Å². The third-order valence-electron chi connectivity index (χ3n) is 3.26.